The van der Waals surface area contributed by atoms with Gasteiger partial charge in [0.2, 0.25) is 0 Å². The van der Waals surface area contributed by atoms with Crippen molar-refractivity contribution in [2.75, 3.05) is 11.5 Å². The van der Waals surface area contributed by atoms with E-state index < -0.39 is 0 Å². The smallest absolute Gasteiger partial charge is 0.120 e. The molecule has 2 nitrogen and oxygen atoms in total. The third-order valence-electron chi connectivity index (χ3n) is 4.49. The Morgan fingerprint density at radius 3 is 2.89 bits per heavy atom. The molecule has 1 saturated carbocycles. The predicted octanol–water partition coefficient (Wildman–Crippen LogP) is 3.34. The zero-order valence-electron chi connectivity index (χ0n) is 11.6. The third kappa shape index (κ3) is 2.77. The second-order valence-electron chi connectivity index (χ2n) is 5.93. The Morgan fingerprint density at radius 2 is 2.26 bits per heavy atom. The maximum atomic E-state index is 6.15. The van der Waals surface area contributed by atoms with Crippen molar-refractivity contribution in [2.24, 2.45) is 5.73 Å². The van der Waals surface area contributed by atoms with Crippen LogP contribution in [0.5, 0.6) is 5.75 Å². The van der Waals surface area contributed by atoms with Crippen molar-refractivity contribution in [3.05, 3.63) is 29.8 Å². The van der Waals surface area contributed by atoms with Crippen LogP contribution in [0.1, 0.15) is 38.2 Å². The highest BCUT2D eigenvalue weighted by molar-refractivity contribution is 7.99. The summed E-state index contributed by atoms with van der Waals surface area (Å²) in [7, 11) is 0. The van der Waals surface area contributed by atoms with Crippen molar-refractivity contribution in [3.8, 4) is 5.75 Å². The number of benzene rings is 1. The van der Waals surface area contributed by atoms with Crippen molar-refractivity contribution in [1.82, 2.24) is 0 Å². The largest absolute Gasteiger partial charge is 0.490 e. The molecule has 3 heteroatoms. The zero-order chi connectivity index (χ0) is 13.3. The Morgan fingerprint density at radius 1 is 1.42 bits per heavy atom. The average Bonchev–Trinajstić information content (AvgIpc) is 3.22. The molecule has 0 bridgehead atoms. The van der Waals surface area contributed by atoms with E-state index in [1.807, 2.05) is 11.8 Å². The number of nitrogens with two attached hydrogens (primary N) is 1. The summed E-state index contributed by atoms with van der Waals surface area (Å²) in [4.78, 5) is 0. The van der Waals surface area contributed by atoms with Gasteiger partial charge in [-0.1, -0.05) is 12.1 Å². The zero-order valence-corrected chi connectivity index (χ0v) is 12.4. The lowest BCUT2D eigenvalue weighted by Crippen LogP contribution is -2.31. The molecule has 2 atom stereocenters. The molecule has 0 spiro atoms. The molecule has 3 rings (SSSR count). The molecule has 0 radical (unpaired) electrons. The molecule has 2 fully saturated rings. The van der Waals surface area contributed by atoms with E-state index in [9.17, 15) is 0 Å². The molecule has 1 aliphatic heterocycles. The first-order valence-corrected chi connectivity index (χ1v) is 8.47. The molecule has 104 valence electrons. The van der Waals surface area contributed by atoms with Crippen LogP contribution in [0.4, 0.5) is 0 Å². The first-order valence-electron chi connectivity index (χ1n) is 7.31. The predicted molar refractivity (Wildman–Crippen MR) is 82.0 cm³/mol. The van der Waals surface area contributed by atoms with Crippen molar-refractivity contribution in [3.63, 3.8) is 0 Å². The molecule has 2 unspecified atom stereocenters. The van der Waals surface area contributed by atoms with Gasteiger partial charge in [-0.2, -0.15) is 11.8 Å². The molecule has 1 aromatic rings. The lowest BCUT2D eigenvalue weighted by molar-refractivity contribution is 0.211. The Hall–Kier alpha value is -0.670. The van der Waals surface area contributed by atoms with Gasteiger partial charge in [0.05, 0.1) is 0 Å². The van der Waals surface area contributed by atoms with Gasteiger partial charge in [0, 0.05) is 17.2 Å². The Bertz CT molecular complexity index is 436. The molecule has 2 aliphatic rings. The Balaban J connectivity index is 1.73. The maximum Gasteiger partial charge on any atom is 0.120 e. The van der Waals surface area contributed by atoms with Crippen LogP contribution in [0.15, 0.2) is 24.3 Å². The van der Waals surface area contributed by atoms with Gasteiger partial charge in [0.15, 0.2) is 0 Å². The number of hydrogen-bond acceptors (Lipinski definition) is 3. The summed E-state index contributed by atoms with van der Waals surface area (Å²) >= 11 is 2.00. The van der Waals surface area contributed by atoms with E-state index in [0.29, 0.717) is 6.10 Å². The van der Waals surface area contributed by atoms with E-state index >= 15 is 0 Å². The van der Waals surface area contributed by atoms with Gasteiger partial charge in [0.1, 0.15) is 11.9 Å². The van der Waals surface area contributed by atoms with Gasteiger partial charge in [-0.3, -0.25) is 0 Å². The van der Waals surface area contributed by atoms with E-state index in [-0.39, 0.29) is 11.5 Å². The van der Waals surface area contributed by atoms with Crippen LogP contribution in [0.2, 0.25) is 0 Å². The van der Waals surface area contributed by atoms with Crippen molar-refractivity contribution in [2.45, 2.75) is 50.2 Å². The minimum absolute atomic E-state index is 0.223. The first-order chi connectivity index (χ1) is 9.21. The highest BCUT2D eigenvalue weighted by Gasteiger charge is 2.47. The highest BCUT2D eigenvalue weighted by atomic mass is 32.2. The minimum atomic E-state index is 0.223. The van der Waals surface area contributed by atoms with Gasteiger partial charge in [0.25, 0.3) is 0 Å². The summed E-state index contributed by atoms with van der Waals surface area (Å²) in [5.74, 6) is 3.44. The highest BCUT2D eigenvalue weighted by Crippen LogP contribution is 2.50. The fourth-order valence-corrected chi connectivity index (χ4v) is 4.05. The van der Waals surface area contributed by atoms with Gasteiger partial charge in [-0.05, 0) is 56.1 Å². The van der Waals surface area contributed by atoms with Crippen molar-refractivity contribution >= 4 is 11.8 Å². The standard InChI is InChI=1S/C16H23NOS/c1-12(17)16(7-8-16)13-4-2-5-14(10-13)18-15-6-3-9-19-11-15/h2,4-5,10,12,15H,3,6-9,11,17H2,1H3. The van der Waals surface area contributed by atoms with Crippen LogP contribution in [0.25, 0.3) is 0 Å². The summed E-state index contributed by atoms with van der Waals surface area (Å²) < 4.78 is 6.14. The summed E-state index contributed by atoms with van der Waals surface area (Å²) in [5, 5.41) is 0. The minimum Gasteiger partial charge on any atom is -0.490 e. The number of rotatable bonds is 4. The second-order valence-corrected chi connectivity index (χ2v) is 7.08. The van der Waals surface area contributed by atoms with Crippen molar-refractivity contribution < 1.29 is 4.74 Å². The van der Waals surface area contributed by atoms with Gasteiger partial charge in [-0.15, -0.1) is 0 Å². The summed E-state index contributed by atoms with van der Waals surface area (Å²) in [6.07, 6.45) is 5.29. The lowest BCUT2D eigenvalue weighted by atomic mass is 9.89. The maximum absolute atomic E-state index is 6.15. The summed E-state index contributed by atoms with van der Waals surface area (Å²) in [5.41, 5.74) is 7.74. The molecule has 2 N–H and O–H groups in total. The molecular weight excluding hydrogens is 254 g/mol. The van der Waals surface area contributed by atoms with Crippen LogP contribution in [0.3, 0.4) is 0 Å². The normalized spacial score (nSPS) is 26.7. The fourth-order valence-electron chi connectivity index (χ4n) is 3.02. The molecule has 0 amide bonds. The molecule has 1 saturated heterocycles. The second kappa shape index (κ2) is 5.37. The Kier molecular flexibility index (Phi) is 3.77. The lowest BCUT2D eigenvalue weighted by Gasteiger charge is -2.24. The van der Waals surface area contributed by atoms with Crippen LogP contribution in [-0.4, -0.2) is 23.7 Å². The van der Waals surface area contributed by atoms with E-state index in [2.05, 4.69) is 31.2 Å². The molecule has 0 aromatic heterocycles. The quantitative estimate of drug-likeness (QED) is 0.917. The van der Waals surface area contributed by atoms with E-state index in [4.69, 9.17) is 10.5 Å². The van der Waals surface area contributed by atoms with E-state index in [0.717, 1.165) is 11.5 Å². The fraction of sp³-hybridized carbons (Fsp3) is 0.625. The molecule has 19 heavy (non-hydrogen) atoms. The molecule has 1 aliphatic carbocycles. The topological polar surface area (TPSA) is 35.2 Å². The van der Waals surface area contributed by atoms with Crippen LogP contribution in [-0.2, 0) is 5.41 Å². The van der Waals surface area contributed by atoms with Crippen LogP contribution >= 0.6 is 11.8 Å². The monoisotopic (exact) mass is 277 g/mol. The van der Waals surface area contributed by atoms with E-state index in [1.165, 1.54) is 37.0 Å². The first kappa shape index (κ1) is 13.3. The number of hydrogen-bond donors (Lipinski definition) is 1. The van der Waals surface area contributed by atoms with Crippen LogP contribution in [0, 0.1) is 0 Å². The number of thioether (sulfide) groups is 1. The average molecular weight is 277 g/mol. The SMILES string of the molecule is CC(N)C1(c2cccc(OC3CCCSC3)c2)CC1. The van der Waals surface area contributed by atoms with Crippen molar-refractivity contribution in [1.29, 1.82) is 0 Å². The Labute approximate surface area is 120 Å². The van der Waals surface area contributed by atoms with Gasteiger partial charge >= 0.3 is 0 Å². The van der Waals surface area contributed by atoms with E-state index in [1.54, 1.807) is 0 Å². The number of ether oxygens (including phenoxy) is 1. The summed E-state index contributed by atoms with van der Waals surface area (Å²) in [6.45, 7) is 2.12. The molecule has 1 heterocycles. The summed E-state index contributed by atoms with van der Waals surface area (Å²) in [6, 6.07) is 8.85. The van der Waals surface area contributed by atoms with Gasteiger partial charge < -0.3 is 10.5 Å². The van der Waals surface area contributed by atoms with Gasteiger partial charge in [-0.25, -0.2) is 0 Å². The third-order valence-corrected chi connectivity index (χ3v) is 5.68. The molecule has 1 aromatic carbocycles. The van der Waals surface area contributed by atoms with Crippen LogP contribution < -0.4 is 10.5 Å². The molecular formula is C16H23NOS.